The number of nitrogens with zero attached hydrogens (tertiary/aromatic N) is 2. The van der Waals surface area contributed by atoms with E-state index in [4.69, 9.17) is 9.47 Å². The van der Waals surface area contributed by atoms with Crippen LogP contribution in [0.4, 0.5) is 4.79 Å². The van der Waals surface area contributed by atoms with Gasteiger partial charge in [-0.05, 0) is 43.4 Å². The van der Waals surface area contributed by atoms with E-state index in [9.17, 15) is 14.4 Å². The minimum atomic E-state index is -1.24. The second-order valence-electron chi connectivity index (χ2n) is 7.60. The quantitative estimate of drug-likeness (QED) is 0.810. The Balaban J connectivity index is 1.52. The zero-order valence-electron chi connectivity index (χ0n) is 15.5. The Morgan fingerprint density at radius 2 is 2.07 bits per heavy atom. The first kappa shape index (κ1) is 17.6. The monoisotopic (exact) mass is 373 g/mol. The first-order valence-corrected chi connectivity index (χ1v) is 9.20. The van der Waals surface area contributed by atoms with Gasteiger partial charge in [0.05, 0.1) is 0 Å². The van der Waals surface area contributed by atoms with E-state index in [1.165, 1.54) is 0 Å². The topological polar surface area (TPSA) is 88.2 Å². The summed E-state index contributed by atoms with van der Waals surface area (Å²) in [5.41, 5.74) is -0.653. The summed E-state index contributed by atoms with van der Waals surface area (Å²) in [5.74, 6) is 0.937. The molecule has 1 aromatic rings. The summed E-state index contributed by atoms with van der Waals surface area (Å²) in [4.78, 5) is 40.8. The largest absolute Gasteiger partial charge is 0.454 e. The van der Waals surface area contributed by atoms with Gasteiger partial charge in [-0.2, -0.15) is 0 Å². The van der Waals surface area contributed by atoms with Crippen molar-refractivity contribution in [3.05, 3.63) is 23.8 Å². The highest BCUT2D eigenvalue weighted by Crippen LogP contribution is 2.37. The van der Waals surface area contributed by atoms with Crippen LogP contribution in [0.15, 0.2) is 18.2 Å². The number of imide groups is 1. The summed E-state index contributed by atoms with van der Waals surface area (Å²) in [6.07, 6.45) is 2.04. The lowest BCUT2D eigenvalue weighted by Gasteiger charge is -2.31. The number of benzene rings is 1. The molecule has 0 bridgehead atoms. The molecule has 27 heavy (non-hydrogen) atoms. The minimum absolute atomic E-state index is 0.130. The number of nitrogens with one attached hydrogen (secondary N) is 1. The van der Waals surface area contributed by atoms with Crippen molar-refractivity contribution in [2.75, 3.05) is 26.4 Å². The highest BCUT2D eigenvalue weighted by Gasteiger charge is 2.50. The van der Waals surface area contributed by atoms with Gasteiger partial charge in [0.25, 0.3) is 5.91 Å². The fourth-order valence-electron chi connectivity index (χ4n) is 3.89. The third-order valence-electron chi connectivity index (χ3n) is 5.53. The van der Waals surface area contributed by atoms with Gasteiger partial charge in [-0.1, -0.05) is 13.0 Å². The predicted octanol–water partition coefficient (Wildman–Crippen LogP) is 1.44. The molecule has 0 spiro atoms. The number of fused-ring (bicyclic) bond motifs is 1. The Labute approximate surface area is 157 Å². The molecule has 1 N–H and O–H groups in total. The number of carbonyl (C=O) groups is 3. The number of hydrogen-bond acceptors (Lipinski definition) is 5. The normalized spacial score (nSPS) is 27.1. The molecule has 4 amide bonds. The number of likely N-dealkylation sites (tertiary alicyclic amines) is 1. The number of ether oxygens (including phenoxy) is 2. The summed E-state index contributed by atoms with van der Waals surface area (Å²) >= 11 is 0. The van der Waals surface area contributed by atoms with Crippen molar-refractivity contribution < 1.29 is 23.9 Å². The van der Waals surface area contributed by atoms with Crippen LogP contribution in [0.5, 0.6) is 11.5 Å². The van der Waals surface area contributed by atoms with E-state index >= 15 is 0 Å². The van der Waals surface area contributed by atoms with E-state index in [1.54, 1.807) is 30.0 Å². The maximum Gasteiger partial charge on any atom is 0.325 e. The van der Waals surface area contributed by atoms with Gasteiger partial charge in [0.2, 0.25) is 12.7 Å². The number of amides is 4. The van der Waals surface area contributed by atoms with E-state index in [0.717, 1.165) is 17.7 Å². The van der Waals surface area contributed by atoms with Gasteiger partial charge in [-0.15, -0.1) is 0 Å². The van der Waals surface area contributed by atoms with Crippen molar-refractivity contribution in [1.29, 1.82) is 0 Å². The van der Waals surface area contributed by atoms with Gasteiger partial charge >= 0.3 is 6.03 Å². The Morgan fingerprint density at radius 3 is 2.85 bits per heavy atom. The molecule has 0 unspecified atom stereocenters. The summed E-state index contributed by atoms with van der Waals surface area (Å²) in [6, 6.07) is 4.57. The van der Waals surface area contributed by atoms with Gasteiger partial charge < -0.3 is 19.7 Å². The highest BCUT2D eigenvalue weighted by molar-refractivity contribution is 6.09. The molecule has 3 aliphatic rings. The standard InChI is InChI=1S/C19H23N3O5/c1-12-4-3-7-21(9-12)16(23)10-22-17(24)19(2,20-18(22)25)13-5-6-14-15(8-13)27-11-26-14/h5-6,8,12H,3-4,7,9-11H2,1-2H3,(H,20,25)/t12-,19+/m0/s1. The van der Waals surface area contributed by atoms with Crippen molar-refractivity contribution >= 4 is 17.8 Å². The molecule has 4 rings (SSSR count). The van der Waals surface area contributed by atoms with E-state index in [2.05, 4.69) is 12.2 Å². The Kier molecular flexibility index (Phi) is 4.20. The molecule has 3 heterocycles. The summed E-state index contributed by atoms with van der Waals surface area (Å²) in [6.45, 7) is 4.97. The molecular weight excluding hydrogens is 350 g/mol. The first-order chi connectivity index (χ1) is 12.9. The molecule has 0 aliphatic carbocycles. The molecule has 2 saturated heterocycles. The van der Waals surface area contributed by atoms with Gasteiger partial charge in [-0.3, -0.25) is 14.5 Å². The van der Waals surface area contributed by atoms with E-state index in [1.807, 2.05) is 0 Å². The van der Waals surface area contributed by atoms with Gasteiger partial charge in [0.1, 0.15) is 12.1 Å². The third kappa shape index (κ3) is 2.98. The SMILES string of the molecule is C[C@H]1CCCN(C(=O)CN2C(=O)N[C@](C)(c3ccc4c(c3)OCO4)C2=O)C1. The minimum Gasteiger partial charge on any atom is -0.454 e. The smallest absolute Gasteiger partial charge is 0.325 e. The lowest BCUT2D eigenvalue weighted by molar-refractivity contribution is -0.139. The average molecular weight is 373 g/mol. The summed E-state index contributed by atoms with van der Waals surface area (Å²) < 4.78 is 10.7. The molecular formula is C19H23N3O5. The fraction of sp³-hybridized carbons (Fsp3) is 0.526. The fourth-order valence-corrected chi connectivity index (χ4v) is 3.89. The number of hydrogen-bond donors (Lipinski definition) is 1. The van der Waals surface area contributed by atoms with Gasteiger partial charge in [-0.25, -0.2) is 4.79 Å². The second kappa shape index (κ2) is 6.44. The maximum atomic E-state index is 13.0. The molecule has 8 heteroatoms. The number of piperidine rings is 1. The van der Waals surface area contributed by atoms with Crippen molar-refractivity contribution in [2.24, 2.45) is 5.92 Å². The highest BCUT2D eigenvalue weighted by atomic mass is 16.7. The Bertz CT molecular complexity index is 811. The molecule has 144 valence electrons. The molecule has 0 radical (unpaired) electrons. The van der Waals surface area contributed by atoms with Crippen LogP contribution in [0.1, 0.15) is 32.3 Å². The van der Waals surface area contributed by atoms with Crippen LogP contribution in [-0.4, -0.2) is 54.1 Å². The maximum absolute atomic E-state index is 13.0. The summed E-state index contributed by atoms with van der Waals surface area (Å²) in [7, 11) is 0. The average Bonchev–Trinajstić information content (AvgIpc) is 3.20. The third-order valence-corrected chi connectivity index (χ3v) is 5.53. The molecule has 0 saturated carbocycles. The molecule has 8 nitrogen and oxygen atoms in total. The number of urea groups is 1. The van der Waals surface area contributed by atoms with Crippen molar-refractivity contribution in [2.45, 2.75) is 32.2 Å². The van der Waals surface area contributed by atoms with E-state index < -0.39 is 17.5 Å². The van der Waals surface area contributed by atoms with Crippen LogP contribution in [0.2, 0.25) is 0 Å². The molecule has 0 aromatic heterocycles. The van der Waals surface area contributed by atoms with Crippen LogP contribution in [-0.2, 0) is 15.1 Å². The van der Waals surface area contributed by atoms with Crippen molar-refractivity contribution in [1.82, 2.24) is 15.1 Å². The lowest BCUT2D eigenvalue weighted by atomic mass is 9.91. The van der Waals surface area contributed by atoms with E-state index in [0.29, 0.717) is 36.1 Å². The first-order valence-electron chi connectivity index (χ1n) is 9.20. The van der Waals surface area contributed by atoms with Crippen LogP contribution in [0.25, 0.3) is 0 Å². The molecule has 2 fully saturated rings. The number of rotatable bonds is 3. The Morgan fingerprint density at radius 1 is 1.30 bits per heavy atom. The lowest BCUT2D eigenvalue weighted by Crippen LogP contribution is -2.47. The van der Waals surface area contributed by atoms with Crippen LogP contribution in [0, 0.1) is 5.92 Å². The van der Waals surface area contributed by atoms with Crippen molar-refractivity contribution in [3.8, 4) is 11.5 Å². The zero-order valence-corrected chi connectivity index (χ0v) is 15.5. The van der Waals surface area contributed by atoms with Crippen LogP contribution < -0.4 is 14.8 Å². The number of carbonyl (C=O) groups excluding carboxylic acids is 3. The van der Waals surface area contributed by atoms with E-state index in [-0.39, 0.29) is 19.2 Å². The van der Waals surface area contributed by atoms with Crippen LogP contribution >= 0.6 is 0 Å². The zero-order chi connectivity index (χ0) is 19.2. The van der Waals surface area contributed by atoms with Gasteiger partial charge in [0, 0.05) is 13.1 Å². The molecule has 3 aliphatic heterocycles. The summed E-state index contributed by atoms with van der Waals surface area (Å²) in [5, 5.41) is 2.72. The second-order valence-corrected chi connectivity index (χ2v) is 7.60. The Hall–Kier alpha value is -2.77. The van der Waals surface area contributed by atoms with Crippen molar-refractivity contribution in [3.63, 3.8) is 0 Å². The molecule has 1 aromatic carbocycles. The predicted molar refractivity (Wildman–Crippen MR) is 95.1 cm³/mol. The van der Waals surface area contributed by atoms with Crippen LogP contribution in [0.3, 0.4) is 0 Å². The van der Waals surface area contributed by atoms with Gasteiger partial charge in [0.15, 0.2) is 11.5 Å². The molecule has 2 atom stereocenters.